The Bertz CT molecular complexity index is 793. The summed E-state index contributed by atoms with van der Waals surface area (Å²) in [6.07, 6.45) is 3.53. The van der Waals surface area contributed by atoms with Gasteiger partial charge in [0.05, 0.1) is 4.92 Å². The van der Waals surface area contributed by atoms with Gasteiger partial charge in [-0.1, -0.05) is 18.2 Å². The maximum absolute atomic E-state index is 11.0. The zero-order valence-corrected chi connectivity index (χ0v) is 11.5. The first-order valence-electron chi connectivity index (χ1n) is 6.03. The minimum atomic E-state index is -0.472. The minimum Gasteiger partial charge on any atom is -0.417 e. The second kappa shape index (κ2) is 5.68. The molecule has 0 amide bonds. The van der Waals surface area contributed by atoms with Crippen molar-refractivity contribution in [1.29, 1.82) is 0 Å². The molecule has 0 aliphatic carbocycles. The standard InChI is InChI=1S/C14H9N3O3S/c18-17(19)12-6-2-1-5-11(12)14-16-15-13(20-14)8-7-10-4-3-9-21-10/h1-9H. The van der Waals surface area contributed by atoms with Crippen molar-refractivity contribution >= 4 is 29.2 Å². The summed E-state index contributed by atoms with van der Waals surface area (Å²) >= 11 is 1.59. The summed E-state index contributed by atoms with van der Waals surface area (Å²) < 4.78 is 5.45. The summed E-state index contributed by atoms with van der Waals surface area (Å²) in [6.45, 7) is 0. The second-order valence-corrected chi connectivity index (χ2v) is 5.05. The largest absolute Gasteiger partial charge is 0.417 e. The molecule has 7 heteroatoms. The Morgan fingerprint density at radius 3 is 2.76 bits per heavy atom. The molecule has 0 unspecified atom stereocenters. The van der Waals surface area contributed by atoms with Gasteiger partial charge < -0.3 is 4.42 Å². The number of thiophene rings is 1. The highest BCUT2D eigenvalue weighted by molar-refractivity contribution is 7.10. The summed E-state index contributed by atoms with van der Waals surface area (Å²) in [5.41, 5.74) is 0.251. The Morgan fingerprint density at radius 1 is 1.14 bits per heavy atom. The molecule has 104 valence electrons. The lowest BCUT2D eigenvalue weighted by Gasteiger charge is -1.96. The molecule has 0 spiro atoms. The molecule has 1 aromatic carbocycles. The maximum atomic E-state index is 11.0. The van der Waals surface area contributed by atoms with Crippen LogP contribution in [0.3, 0.4) is 0 Å². The molecule has 0 radical (unpaired) electrons. The summed E-state index contributed by atoms with van der Waals surface area (Å²) in [5.74, 6) is 0.435. The first-order valence-corrected chi connectivity index (χ1v) is 6.91. The SMILES string of the molecule is O=[N+]([O-])c1ccccc1-c1nnc(C=Cc2cccs2)o1. The first-order chi connectivity index (χ1) is 10.2. The topological polar surface area (TPSA) is 82.1 Å². The average molecular weight is 299 g/mol. The van der Waals surface area contributed by atoms with Crippen molar-refractivity contribution in [3.05, 3.63) is 62.7 Å². The van der Waals surface area contributed by atoms with E-state index in [0.717, 1.165) is 4.88 Å². The van der Waals surface area contributed by atoms with Crippen molar-refractivity contribution in [2.75, 3.05) is 0 Å². The Morgan fingerprint density at radius 2 is 2.00 bits per heavy atom. The van der Waals surface area contributed by atoms with Crippen molar-refractivity contribution in [3.8, 4) is 11.5 Å². The number of nitro benzene ring substituents is 1. The van der Waals surface area contributed by atoms with Crippen molar-refractivity contribution in [3.63, 3.8) is 0 Å². The van der Waals surface area contributed by atoms with E-state index >= 15 is 0 Å². The van der Waals surface area contributed by atoms with Crippen LogP contribution in [0.25, 0.3) is 23.6 Å². The number of hydrogen-bond donors (Lipinski definition) is 0. The van der Waals surface area contributed by atoms with Crippen LogP contribution < -0.4 is 0 Å². The first kappa shape index (κ1) is 13.2. The Labute approximate surface area is 123 Å². The monoisotopic (exact) mass is 299 g/mol. The Kier molecular flexibility index (Phi) is 3.57. The van der Waals surface area contributed by atoms with Crippen LogP contribution in [-0.2, 0) is 0 Å². The molecule has 0 aliphatic heterocycles. The van der Waals surface area contributed by atoms with Gasteiger partial charge in [0.25, 0.3) is 11.6 Å². The van der Waals surface area contributed by atoms with Gasteiger partial charge in [-0.25, -0.2) is 0 Å². The lowest BCUT2D eigenvalue weighted by Crippen LogP contribution is -1.91. The molecule has 0 aliphatic rings. The number of para-hydroxylation sites is 1. The Balaban J connectivity index is 1.90. The van der Waals surface area contributed by atoms with Gasteiger partial charge in [0.1, 0.15) is 5.56 Å². The van der Waals surface area contributed by atoms with Gasteiger partial charge in [0.15, 0.2) is 0 Å². The highest BCUT2D eigenvalue weighted by Gasteiger charge is 2.18. The summed E-state index contributed by atoms with van der Waals surface area (Å²) in [4.78, 5) is 11.6. The molecular weight excluding hydrogens is 290 g/mol. The molecular formula is C14H9N3O3S. The fourth-order valence-corrected chi connectivity index (χ4v) is 2.38. The molecule has 0 saturated heterocycles. The van der Waals surface area contributed by atoms with E-state index in [-0.39, 0.29) is 11.6 Å². The normalized spacial score (nSPS) is 11.0. The smallest absolute Gasteiger partial charge is 0.282 e. The molecule has 3 rings (SSSR count). The number of nitro groups is 1. The van der Waals surface area contributed by atoms with Gasteiger partial charge in [-0.2, -0.15) is 0 Å². The van der Waals surface area contributed by atoms with E-state index in [1.54, 1.807) is 35.6 Å². The van der Waals surface area contributed by atoms with Gasteiger partial charge in [0, 0.05) is 17.0 Å². The maximum Gasteiger partial charge on any atom is 0.282 e. The molecule has 0 atom stereocenters. The van der Waals surface area contributed by atoms with E-state index in [1.165, 1.54) is 6.07 Å². The van der Waals surface area contributed by atoms with Crippen LogP contribution in [0.2, 0.25) is 0 Å². The highest BCUT2D eigenvalue weighted by atomic mass is 32.1. The third kappa shape index (κ3) is 2.87. The predicted octanol–water partition coefficient (Wildman–Crippen LogP) is 3.88. The lowest BCUT2D eigenvalue weighted by molar-refractivity contribution is -0.384. The third-order valence-corrected chi connectivity index (χ3v) is 3.54. The minimum absolute atomic E-state index is 0.0602. The van der Waals surface area contributed by atoms with Crippen LogP contribution in [0, 0.1) is 10.1 Å². The summed E-state index contributed by atoms with van der Waals surface area (Å²) in [7, 11) is 0. The highest BCUT2D eigenvalue weighted by Crippen LogP contribution is 2.28. The van der Waals surface area contributed by atoms with Crippen LogP contribution in [-0.4, -0.2) is 15.1 Å². The quantitative estimate of drug-likeness (QED) is 0.539. The number of benzene rings is 1. The molecule has 0 bridgehead atoms. The molecule has 0 fully saturated rings. The van der Waals surface area contributed by atoms with Crippen molar-refractivity contribution in [1.82, 2.24) is 10.2 Å². The van der Waals surface area contributed by atoms with Crippen LogP contribution in [0.15, 0.2) is 46.2 Å². The van der Waals surface area contributed by atoms with Crippen LogP contribution >= 0.6 is 11.3 Å². The molecule has 2 aromatic heterocycles. The van der Waals surface area contributed by atoms with Crippen LogP contribution in [0.4, 0.5) is 5.69 Å². The molecule has 0 saturated carbocycles. The fourth-order valence-electron chi connectivity index (χ4n) is 1.76. The van der Waals surface area contributed by atoms with Gasteiger partial charge >= 0.3 is 0 Å². The van der Waals surface area contributed by atoms with E-state index in [9.17, 15) is 10.1 Å². The zero-order chi connectivity index (χ0) is 14.7. The van der Waals surface area contributed by atoms with E-state index < -0.39 is 4.92 Å². The average Bonchev–Trinajstić information content (AvgIpc) is 3.16. The number of aromatic nitrogens is 2. The van der Waals surface area contributed by atoms with E-state index in [2.05, 4.69) is 10.2 Å². The van der Waals surface area contributed by atoms with Crippen molar-refractivity contribution in [2.24, 2.45) is 0 Å². The fraction of sp³-hybridized carbons (Fsp3) is 0. The summed E-state index contributed by atoms with van der Waals surface area (Å²) in [6, 6.07) is 10.2. The molecule has 2 heterocycles. The van der Waals surface area contributed by atoms with Crippen molar-refractivity contribution in [2.45, 2.75) is 0 Å². The lowest BCUT2D eigenvalue weighted by atomic mass is 10.2. The van der Waals surface area contributed by atoms with E-state index in [1.807, 2.05) is 23.6 Å². The summed E-state index contributed by atoms with van der Waals surface area (Å²) in [5, 5.41) is 20.7. The van der Waals surface area contributed by atoms with Gasteiger partial charge in [-0.05, 0) is 23.6 Å². The van der Waals surface area contributed by atoms with E-state index in [0.29, 0.717) is 11.5 Å². The third-order valence-electron chi connectivity index (χ3n) is 2.71. The van der Waals surface area contributed by atoms with Gasteiger partial charge in [-0.3, -0.25) is 10.1 Å². The molecule has 3 aromatic rings. The number of nitrogens with zero attached hydrogens (tertiary/aromatic N) is 3. The van der Waals surface area contributed by atoms with Gasteiger partial charge in [-0.15, -0.1) is 21.5 Å². The van der Waals surface area contributed by atoms with Crippen LogP contribution in [0.5, 0.6) is 0 Å². The van der Waals surface area contributed by atoms with E-state index in [4.69, 9.17) is 4.42 Å². The number of hydrogen-bond acceptors (Lipinski definition) is 6. The van der Waals surface area contributed by atoms with Crippen LogP contribution in [0.1, 0.15) is 10.8 Å². The number of rotatable bonds is 4. The zero-order valence-electron chi connectivity index (χ0n) is 10.7. The van der Waals surface area contributed by atoms with Gasteiger partial charge in [0.2, 0.25) is 5.89 Å². The van der Waals surface area contributed by atoms with Crippen molar-refractivity contribution < 1.29 is 9.34 Å². The Hall–Kier alpha value is -2.80. The second-order valence-electron chi connectivity index (χ2n) is 4.07. The molecule has 21 heavy (non-hydrogen) atoms. The molecule has 6 nitrogen and oxygen atoms in total. The molecule has 0 N–H and O–H groups in total. The predicted molar refractivity (Wildman–Crippen MR) is 79.6 cm³/mol.